The smallest absolute Gasteiger partial charge is 0.150 e. The van der Waals surface area contributed by atoms with Gasteiger partial charge in [0.1, 0.15) is 0 Å². The Kier molecular flexibility index (Phi) is 3.51. The fourth-order valence-corrected chi connectivity index (χ4v) is 2.65. The SMILES string of the molecule is CC(C)c1cc2ccccc2c(C(C)C)c1C=O. The largest absolute Gasteiger partial charge is 0.298 e. The molecule has 0 atom stereocenters. The Morgan fingerprint density at radius 1 is 1.00 bits per heavy atom. The lowest BCUT2D eigenvalue weighted by molar-refractivity contribution is 0.112. The molecule has 0 aromatic heterocycles. The lowest BCUT2D eigenvalue weighted by Crippen LogP contribution is -2.03. The number of carbonyl (C=O) groups excluding carboxylic acids is 1. The van der Waals surface area contributed by atoms with E-state index in [1.54, 1.807) is 0 Å². The van der Waals surface area contributed by atoms with Crippen molar-refractivity contribution in [2.45, 2.75) is 39.5 Å². The van der Waals surface area contributed by atoms with Crippen molar-refractivity contribution in [3.05, 3.63) is 47.0 Å². The first-order chi connectivity index (χ1) is 8.56. The van der Waals surface area contributed by atoms with Gasteiger partial charge in [0, 0.05) is 5.56 Å². The summed E-state index contributed by atoms with van der Waals surface area (Å²) in [5, 5.41) is 2.44. The Balaban J connectivity index is 2.92. The minimum absolute atomic E-state index is 0.355. The molecule has 0 saturated carbocycles. The first-order valence-electron chi connectivity index (χ1n) is 6.57. The highest BCUT2D eigenvalue weighted by atomic mass is 16.1. The van der Waals surface area contributed by atoms with Crippen molar-refractivity contribution < 1.29 is 4.79 Å². The van der Waals surface area contributed by atoms with Gasteiger partial charge in [0.15, 0.2) is 6.29 Å². The maximum atomic E-state index is 11.5. The van der Waals surface area contributed by atoms with E-state index in [1.807, 2.05) is 6.07 Å². The normalized spacial score (nSPS) is 11.4. The van der Waals surface area contributed by atoms with Crippen LogP contribution in [0.1, 0.15) is 61.0 Å². The molecule has 1 heteroatoms. The molecule has 0 fully saturated rings. The third kappa shape index (κ3) is 2.05. The quantitative estimate of drug-likeness (QED) is 0.697. The summed E-state index contributed by atoms with van der Waals surface area (Å²) in [5.41, 5.74) is 3.23. The summed E-state index contributed by atoms with van der Waals surface area (Å²) in [4.78, 5) is 11.5. The van der Waals surface area contributed by atoms with Gasteiger partial charge >= 0.3 is 0 Å². The molecule has 2 aromatic rings. The second-order valence-electron chi connectivity index (χ2n) is 5.44. The first-order valence-corrected chi connectivity index (χ1v) is 6.57. The molecule has 0 heterocycles. The van der Waals surface area contributed by atoms with E-state index in [4.69, 9.17) is 0 Å². The van der Waals surface area contributed by atoms with E-state index in [1.165, 1.54) is 16.3 Å². The summed E-state index contributed by atoms with van der Waals surface area (Å²) < 4.78 is 0. The highest BCUT2D eigenvalue weighted by Crippen LogP contribution is 2.33. The van der Waals surface area contributed by atoms with Crippen LogP contribution < -0.4 is 0 Å². The van der Waals surface area contributed by atoms with Crippen LogP contribution in [-0.2, 0) is 0 Å². The standard InChI is InChI=1S/C17H20O/c1-11(2)15-9-13-7-5-6-8-14(13)17(12(3)4)16(15)10-18/h5-12H,1-4H3. The molecule has 2 rings (SSSR count). The van der Waals surface area contributed by atoms with E-state index in [-0.39, 0.29) is 0 Å². The van der Waals surface area contributed by atoms with Crippen LogP contribution in [0.15, 0.2) is 30.3 Å². The fourth-order valence-electron chi connectivity index (χ4n) is 2.65. The Morgan fingerprint density at radius 2 is 1.67 bits per heavy atom. The molecule has 0 aliphatic heterocycles. The van der Waals surface area contributed by atoms with Crippen LogP contribution in [0.5, 0.6) is 0 Å². The zero-order chi connectivity index (χ0) is 13.3. The summed E-state index contributed by atoms with van der Waals surface area (Å²) in [6, 6.07) is 10.5. The van der Waals surface area contributed by atoms with Gasteiger partial charge < -0.3 is 0 Å². The average molecular weight is 240 g/mol. The fraction of sp³-hybridized carbons (Fsp3) is 0.353. The van der Waals surface area contributed by atoms with Crippen molar-refractivity contribution in [2.75, 3.05) is 0 Å². The Morgan fingerprint density at radius 3 is 2.22 bits per heavy atom. The van der Waals surface area contributed by atoms with Crippen LogP contribution in [0.4, 0.5) is 0 Å². The number of benzene rings is 2. The summed E-state index contributed by atoms with van der Waals surface area (Å²) in [5.74, 6) is 0.723. The third-order valence-corrected chi connectivity index (χ3v) is 3.48. The molecule has 0 unspecified atom stereocenters. The third-order valence-electron chi connectivity index (χ3n) is 3.48. The molecule has 0 aliphatic carbocycles. The minimum Gasteiger partial charge on any atom is -0.298 e. The van der Waals surface area contributed by atoms with Crippen molar-refractivity contribution >= 4 is 17.1 Å². The molecule has 0 aliphatic rings. The maximum absolute atomic E-state index is 11.5. The average Bonchev–Trinajstić information content (AvgIpc) is 2.35. The maximum Gasteiger partial charge on any atom is 0.150 e. The van der Waals surface area contributed by atoms with Gasteiger partial charge in [-0.25, -0.2) is 0 Å². The van der Waals surface area contributed by atoms with Gasteiger partial charge in [-0.1, -0.05) is 58.0 Å². The number of aldehydes is 1. The van der Waals surface area contributed by atoms with Gasteiger partial charge in [-0.3, -0.25) is 4.79 Å². The van der Waals surface area contributed by atoms with Crippen LogP contribution in [0.2, 0.25) is 0 Å². The molecule has 0 radical (unpaired) electrons. The van der Waals surface area contributed by atoms with Gasteiger partial charge in [0.05, 0.1) is 0 Å². The van der Waals surface area contributed by atoms with Crippen molar-refractivity contribution in [3.63, 3.8) is 0 Å². The minimum atomic E-state index is 0.355. The van der Waals surface area contributed by atoms with Crippen LogP contribution in [-0.4, -0.2) is 6.29 Å². The van der Waals surface area contributed by atoms with Crippen molar-refractivity contribution in [2.24, 2.45) is 0 Å². The van der Waals surface area contributed by atoms with Crippen LogP contribution in [0, 0.1) is 0 Å². The molecular formula is C17H20O. The van der Waals surface area contributed by atoms with E-state index in [0.717, 1.165) is 17.4 Å². The van der Waals surface area contributed by atoms with E-state index in [9.17, 15) is 4.79 Å². The van der Waals surface area contributed by atoms with E-state index < -0.39 is 0 Å². The molecule has 94 valence electrons. The molecule has 18 heavy (non-hydrogen) atoms. The van der Waals surface area contributed by atoms with Crippen molar-refractivity contribution in [3.8, 4) is 0 Å². The summed E-state index contributed by atoms with van der Waals surface area (Å²) in [6.45, 7) is 8.58. The highest BCUT2D eigenvalue weighted by molar-refractivity contribution is 5.95. The lowest BCUT2D eigenvalue weighted by Gasteiger charge is -2.19. The van der Waals surface area contributed by atoms with Crippen LogP contribution in [0.3, 0.4) is 0 Å². The number of fused-ring (bicyclic) bond motifs is 1. The van der Waals surface area contributed by atoms with Gasteiger partial charge in [0.2, 0.25) is 0 Å². The van der Waals surface area contributed by atoms with Crippen LogP contribution >= 0.6 is 0 Å². The molecular weight excluding hydrogens is 220 g/mol. The second-order valence-corrected chi connectivity index (χ2v) is 5.44. The Hall–Kier alpha value is -1.63. The second kappa shape index (κ2) is 4.93. The molecule has 0 spiro atoms. The zero-order valence-electron chi connectivity index (χ0n) is 11.5. The number of carbonyl (C=O) groups is 1. The monoisotopic (exact) mass is 240 g/mol. The van der Waals surface area contributed by atoms with Gasteiger partial charge in [-0.2, -0.15) is 0 Å². The van der Waals surface area contributed by atoms with Crippen molar-refractivity contribution in [1.29, 1.82) is 0 Å². The van der Waals surface area contributed by atoms with Crippen LogP contribution in [0.25, 0.3) is 10.8 Å². The summed E-state index contributed by atoms with van der Waals surface area (Å²) >= 11 is 0. The number of hydrogen-bond acceptors (Lipinski definition) is 1. The molecule has 2 aromatic carbocycles. The Labute approximate surface area is 109 Å². The van der Waals surface area contributed by atoms with Gasteiger partial charge in [-0.15, -0.1) is 0 Å². The molecule has 1 nitrogen and oxygen atoms in total. The number of hydrogen-bond donors (Lipinski definition) is 0. The number of rotatable bonds is 3. The Bertz CT molecular complexity index is 579. The van der Waals surface area contributed by atoms with E-state index >= 15 is 0 Å². The zero-order valence-corrected chi connectivity index (χ0v) is 11.5. The molecule has 0 N–H and O–H groups in total. The topological polar surface area (TPSA) is 17.1 Å². The highest BCUT2D eigenvalue weighted by Gasteiger charge is 2.16. The molecule has 0 amide bonds. The predicted molar refractivity (Wildman–Crippen MR) is 77.5 cm³/mol. The summed E-state index contributed by atoms with van der Waals surface area (Å²) in [6.07, 6.45) is 1.02. The molecule has 0 saturated heterocycles. The lowest BCUT2D eigenvalue weighted by atomic mass is 9.85. The van der Waals surface area contributed by atoms with Gasteiger partial charge in [-0.05, 0) is 33.7 Å². The predicted octanol–water partition coefficient (Wildman–Crippen LogP) is 4.90. The van der Waals surface area contributed by atoms with Crippen molar-refractivity contribution in [1.82, 2.24) is 0 Å². The van der Waals surface area contributed by atoms with E-state index in [0.29, 0.717) is 11.8 Å². The van der Waals surface area contributed by atoms with E-state index in [2.05, 4.69) is 52.0 Å². The molecule has 0 bridgehead atoms. The van der Waals surface area contributed by atoms with Gasteiger partial charge in [0.25, 0.3) is 0 Å². The first kappa shape index (κ1) is 12.8. The summed E-state index contributed by atoms with van der Waals surface area (Å²) in [7, 11) is 0.